The van der Waals surface area contributed by atoms with Crippen LogP contribution in [0.5, 0.6) is 0 Å². The van der Waals surface area contributed by atoms with Gasteiger partial charge in [0.15, 0.2) is 0 Å². The first-order chi connectivity index (χ1) is 10.5. The third-order valence-corrected chi connectivity index (χ3v) is 5.20. The first-order valence-electron chi connectivity index (χ1n) is 7.53. The number of carbonyl (C=O) groups excluding carboxylic acids is 1. The molecule has 3 heterocycles. The fourth-order valence-corrected chi connectivity index (χ4v) is 3.54. The number of anilines is 1. The standard InChI is InChI=1S/C15H21ClN4O2/c1-11-13(16)12(2-4-18-11)19-5-7-20(8-6-19)15(14(17)21)3-9-22-10-15/h2,4H,3,5-10H2,1H3,(H2,17,21). The number of hydrogen-bond donors (Lipinski definition) is 1. The predicted molar refractivity (Wildman–Crippen MR) is 85.1 cm³/mol. The van der Waals surface area contributed by atoms with Crippen LogP contribution in [0.4, 0.5) is 5.69 Å². The Morgan fingerprint density at radius 3 is 2.73 bits per heavy atom. The molecular formula is C15H21ClN4O2. The van der Waals surface area contributed by atoms with Gasteiger partial charge in [0.2, 0.25) is 5.91 Å². The molecule has 1 unspecified atom stereocenters. The van der Waals surface area contributed by atoms with Crippen molar-refractivity contribution in [3.8, 4) is 0 Å². The highest BCUT2D eigenvalue weighted by atomic mass is 35.5. The van der Waals surface area contributed by atoms with E-state index in [2.05, 4.69) is 14.8 Å². The lowest BCUT2D eigenvalue weighted by Gasteiger charge is -2.44. The summed E-state index contributed by atoms with van der Waals surface area (Å²) in [6, 6.07) is 1.94. The van der Waals surface area contributed by atoms with Crippen molar-refractivity contribution >= 4 is 23.2 Å². The topological polar surface area (TPSA) is 71.7 Å². The van der Waals surface area contributed by atoms with Crippen molar-refractivity contribution in [2.75, 3.05) is 44.3 Å². The zero-order chi connectivity index (χ0) is 15.7. The Morgan fingerprint density at radius 1 is 1.41 bits per heavy atom. The molecule has 0 bridgehead atoms. The maximum Gasteiger partial charge on any atom is 0.240 e. The number of nitrogens with zero attached hydrogens (tertiary/aromatic N) is 3. The van der Waals surface area contributed by atoms with Gasteiger partial charge in [-0.2, -0.15) is 0 Å². The average molecular weight is 325 g/mol. The Labute approximate surface area is 135 Å². The van der Waals surface area contributed by atoms with Crippen LogP contribution in [-0.2, 0) is 9.53 Å². The van der Waals surface area contributed by atoms with Crippen LogP contribution in [0, 0.1) is 6.92 Å². The highest BCUT2D eigenvalue weighted by Gasteiger charge is 2.46. The van der Waals surface area contributed by atoms with Crippen molar-refractivity contribution in [2.24, 2.45) is 5.73 Å². The number of primary amides is 1. The Morgan fingerprint density at radius 2 is 2.14 bits per heavy atom. The molecule has 1 aromatic rings. The summed E-state index contributed by atoms with van der Waals surface area (Å²) in [4.78, 5) is 20.5. The van der Waals surface area contributed by atoms with E-state index in [1.807, 2.05) is 13.0 Å². The first kappa shape index (κ1) is 15.5. The van der Waals surface area contributed by atoms with Gasteiger partial charge in [-0.15, -0.1) is 0 Å². The van der Waals surface area contributed by atoms with E-state index in [9.17, 15) is 4.79 Å². The van der Waals surface area contributed by atoms with E-state index < -0.39 is 5.54 Å². The van der Waals surface area contributed by atoms with Crippen LogP contribution in [-0.4, -0.2) is 60.7 Å². The van der Waals surface area contributed by atoms with Gasteiger partial charge >= 0.3 is 0 Å². The summed E-state index contributed by atoms with van der Waals surface area (Å²) >= 11 is 6.36. The molecule has 0 spiro atoms. The van der Waals surface area contributed by atoms with E-state index >= 15 is 0 Å². The van der Waals surface area contributed by atoms with Gasteiger partial charge in [-0.3, -0.25) is 14.7 Å². The lowest BCUT2D eigenvalue weighted by Crippen LogP contribution is -2.63. The lowest BCUT2D eigenvalue weighted by molar-refractivity contribution is -0.130. The predicted octanol–water partition coefficient (Wildman–Crippen LogP) is 0.810. The monoisotopic (exact) mass is 324 g/mol. The second-order valence-electron chi connectivity index (χ2n) is 5.90. The highest BCUT2D eigenvalue weighted by Crippen LogP contribution is 2.31. The molecule has 22 heavy (non-hydrogen) atoms. The Kier molecular flexibility index (Phi) is 4.25. The number of ether oxygens (including phenoxy) is 1. The first-order valence-corrected chi connectivity index (χ1v) is 7.91. The molecule has 7 heteroatoms. The SMILES string of the molecule is Cc1nccc(N2CCN(C3(C(N)=O)CCOC3)CC2)c1Cl. The number of halogens is 1. The number of nitrogens with two attached hydrogens (primary N) is 1. The molecule has 2 aliphatic heterocycles. The zero-order valence-corrected chi connectivity index (χ0v) is 13.5. The summed E-state index contributed by atoms with van der Waals surface area (Å²) in [5.74, 6) is -0.281. The zero-order valence-electron chi connectivity index (χ0n) is 12.7. The van der Waals surface area contributed by atoms with Crippen molar-refractivity contribution in [3.63, 3.8) is 0 Å². The molecule has 0 aromatic carbocycles. The fourth-order valence-electron chi connectivity index (χ4n) is 3.31. The largest absolute Gasteiger partial charge is 0.379 e. The summed E-state index contributed by atoms with van der Waals surface area (Å²) in [6.45, 7) is 6.04. The molecule has 120 valence electrons. The molecule has 1 aromatic heterocycles. The number of rotatable bonds is 3. The van der Waals surface area contributed by atoms with E-state index in [1.54, 1.807) is 6.20 Å². The van der Waals surface area contributed by atoms with Gasteiger partial charge in [-0.1, -0.05) is 11.6 Å². The third kappa shape index (κ3) is 2.55. The Hall–Kier alpha value is -1.37. The smallest absolute Gasteiger partial charge is 0.240 e. The minimum absolute atomic E-state index is 0.281. The Balaban J connectivity index is 1.72. The van der Waals surface area contributed by atoms with E-state index in [1.165, 1.54) is 0 Å². The van der Waals surface area contributed by atoms with E-state index in [-0.39, 0.29) is 5.91 Å². The van der Waals surface area contributed by atoms with Crippen LogP contribution < -0.4 is 10.6 Å². The summed E-state index contributed by atoms with van der Waals surface area (Å²) in [5.41, 5.74) is 6.85. The van der Waals surface area contributed by atoms with Crippen molar-refractivity contribution in [2.45, 2.75) is 18.9 Å². The van der Waals surface area contributed by atoms with Crippen molar-refractivity contribution in [1.29, 1.82) is 0 Å². The number of hydrogen-bond acceptors (Lipinski definition) is 5. The van der Waals surface area contributed by atoms with Crippen molar-refractivity contribution < 1.29 is 9.53 Å². The highest BCUT2D eigenvalue weighted by molar-refractivity contribution is 6.33. The van der Waals surface area contributed by atoms with Gasteiger partial charge in [-0.25, -0.2) is 0 Å². The van der Waals surface area contributed by atoms with Crippen LogP contribution in [0.2, 0.25) is 5.02 Å². The minimum Gasteiger partial charge on any atom is -0.379 e. The quantitative estimate of drug-likeness (QED) is 0.891. The molecule has 0 aliphatic carbocycles. The van der Waals surface area contributed by atoms with E-state index in [0.29, 0.717) is 24.7 Å². The molecule has 2 N–H and O–H groups in total. The van der Waals surface area contributed by atoms with Crippen molar-refractivity contribution in [1.82, 2.24) is 9.88 Å². The molecule has 3 rings (SSSR count). The third-order valence-electron chi connectivity index (χ3n) is 4.73. The van der Waals surface area contributed by atoms with Gasteiger partial charge in [0.1, 0.15) is 5.54 Å². The number of carbonyl (C=O) groups is 1. The number of pyridine rings is 1. The molecule has 1 atom stereocenters. The maximum atomic E-state index is 11.9. The van der Waals surface area contributed by atoms with Gasteiger partial charge < -0.3 is 15.4 Å². The van der Waals surface area contributed by atoms with Crippen LogP contribution in [0.25, 0.3) is 0 Å². The second kappa shape index (κ2) is 6.02. The Bertz CT molecular complexity index is 567. The fraction of sp³-hybridized carbons (Fsp3) is 0.600. The average Bonchev–Trinajstić information content (AvgIpc) is 3.01. The van der Waals surface area contributed by atoms with Crippen LogP contribution >= 0.6 is 11.6 Å². The summed E-state index contributed by atoms with van der Waals surface area (Å²) in [6.07, 6.45) is 2.45. The summed E-state index contributed by atoms with van der Waals surface area (Å²) in [7, 11) is 0. The molecule has 1 amide bonds. The minimum atomic E-state index is -0.635. The van der Waals surface area contributed by atoms with E-state index in [0.717, 1.165) is 37.6 Å². The number of piperazine rings is 1. The summed E-state index contributed by atoms with van der Waals surface area (Å²) in [5, 5.41) is 0.699. The summed E-state index contributed by atoms with van der Waals surface area (Å²) < 4.78 is 5.44. The van der Waals surface area contributed by atoms with Gasteiger partial charge in [0.05, 0.1) is 23.0 Å². The van der Waals surface area contributed by atoms with E-state index in [4.69, 9.17) is 22.1 Å². The second-order valence-corrected chi connectivity index (χ2v) is 6.28. The molecule has 6 nitrogen and oxygen atoms in total. The normalized spacial score (nSPS) is 26.4. The van der Waals surface area contributed by atoms with Gasteiger partial charge in [-0.05, 0) is 13.0 Å². The molecule has 2 aliphatic rings. The number of aromatic nitrogens is 1. The number of aryl methyl sites for hydroxylation is 1. The van der Waals surface area contributed by atoms with Gasteiger partial charge in [0, 0.05) is 45.4 Å². The van der Waals surface area contributed by atoms with Crippen LogP contribution in [0.1, 0.15) is 12.1 Å². The molecule has 2 fully saturated rings. The van der Waals surface area contributed by atoms with Crippen molar-refractivity contribution in [3.05, 3.63) is 23.0 Å². The number of amides is 1. The molecule has 0 saturated carbocycles. The van der Waals surface area contributed by atoms with Crippen LogP contribution in [0.15, 0.2) is 12.3 Å². The maximum absolute atomic E-state index is 11.9. The lowest BCUT2D eigenvalue weighted by atomic mass is 9.94. The molecular weight excluding hydrogens is 304 g/mol. The molecule has 0 radical (unpaired) electrons. The molecule has 2 saturated heterocycles. The van der Waals surface area contributed by atoms with Crippen LogP contribution in [0.3, 0.4) is 0 Å². The van der Waals surface area contributed by atoms with Gasteiger partial charge in [0.25, 0.3) is 0 Å².